The Hall–Kier alpha value is 0.450. The Bertz CT molecular complexity index is 384. The van der Waals surface area contributed by atoms with E-state index in [1.54, 1.807) is 11.3 Å². The van der Waals surface area contributed by atoms with Gasteiger partial charge in [-0.25, -0.2) is 0 Å². The molecule has 2 rings (SSSR count). The van der Waals surface area contributed by atoms with Crippen LogP contribution in [-0.4, -0.2) is 34.5 Å². The summed E-state index contributed by atoms with van der Waals surface area (Å²) in [7, 11) is 0. The van der Waals surface area contributed by atoms with Crippen molar-refractivity contribution in [1.82, 2.24) is 4.90 Å². The van der Waals surface area contributed by atoms with Gasteiger partial charge in [0.25, 0.3) is 0 Å². The van der Waals surface area contributed by atoms with E-state index in [9.17, 15) is 0 Å². The highest BCUT2D eigenvalue weighted by Gasteiger charge is 2.31. The molecule has 102 valence electrons. The van der Waals surface area contributed by atoms with Crippen molar-refractivity contribution < 1.29 is 0 Å². The molecule has 4 atom stereocenters. The van der Waals surface area contributed by atoms with E-state index in [4.69, 9.17) is 5.73 Å². The lowest BCUT2D eigenvalue weighted by molar-refractivity contribution is 0.177. The van der Waals surface area contributed by atoms with Crippen molar-refractivity contribution in [2.24, 2.45) is 5.73 Å². The minimum absolute atomic E-state index is 0.165. The summed E-state index contributed by atoms with van der Waals surface area (Å²) in [4.78, 5) is 3.94. The van der Waals surface area contributed by atoms with Crippen LogP contribution in [0.15, 0.2) is 15.9 Å². The summed E-state index contributed by atoms with van der Waals surface area (Å²) in [6.45, 7) is 9.02. The minimum Gasteiger partial charge on any atom is -0.326 e. The Morgan fingerprint density at radius 1 is 1.39 bits per heavy atom. The molecule has 1 aliphatic rings. The van der Waals surface area contributed by atoms with Crippen molar-refractivity contribution in [1.29, 1.82) is 0 Å². The van der Waals surface area contributed by atoms with E-state index in [1.807, 2.05) is 0 Å². The highest BCUT2D eigenvalue weighted by Crippen LogP contribution is 2.35. The molecule has 0 radical (unpaired) electrons. The number of rotatable bonds is 3. The number of hydrogen-bond acceptors (Lipinski definition) is 4. The van der Waals surface area contributed by atoms with Crippen LogP contribution in [0.25, 0.3) is 0 Å². The predicted octanol–water partition coefficient (Wildman–Crippen LogP) is 3.72. The van der Waals surface area contributed by atoms with Crippen LogP contribution in [0, 0.1) is 0 Å². The van der Waals surface area contributed by atoms with E-state index in [-0.39, 0.29) is 6.04 Å². The summed E-state index contributed by atoms with van der Waals surface area (Å²) in [6.07, 6.45) is 0. The van der Waals surface area contributed by atoms with Gasteiger partial charge in [-0.1, -0.05) is 13.8 Å². The fourth-order valence-corrected chi connectivity index (χ4v) is 5.74. The largest absolute Gasteiger partial charge is 0.326 e. The number of halogens is 1. The predicted molar refractivity (Wildman–Crippen MR) is 86.5 cm³/mol. The molecule has 1 aliphatic heterocycles. The molecule has 2 nitrogen and oxygen atoms in total. The molecular formula is C13H21BrN2S2. The number of nitrogens with two attached hydrogens (primary N) is 1. The first-order chi connectivity index (χ1) is 8.47. The lowest BCUT2D eigenvalue weighted by Crippen LogP contribution is -2.47. The molecule has 2 N–H and O–H groups in total. The first-order valence-corrected chi connectivity index (χ1v) is 8.98. The van der Waals surface area contributed by atoms with Gasteiger partial charge in [-0.05, 0) is 28.9 Å². The Labute approximate surface area is 126 Å². The first kappa shape index (κ1) is 14.9. The van der Waals surface area contributed by atoms with Crippen molar-refractivity contribution in [3.05, 3.63) is 20.8 Å². The number of nitrogens with zero attached hydrogens (tertiary/aromatic N) is 1. The smallest absolute Gasteiger partial charge is 0.0591 e. The average molecular weight is 349 g/mol. The van der Waals surface area contributed by atoms with Gasteiger partial charge >= 0.3 is 0 Å². The number of hydrogen-bond donors (Lipinski definition) is 1. The molecule has 5 heteroatoms. The molecule has 1 aromatic rings. The van der Waals surface area contributed by atoms with Gasteiger partial charge in [0, 0.05) is 44.4 Å². The van der Waals surface area contributed by atoms with E-state index >= 15 is 0 Å². The minimum atomic E-state index is 0.165. The van der Waals surface area contributed by atoms with Gasteiger partial charge in [-0.3, -0.25) is 4.90 Å². The maximum atomic E-state index is 6.24. The molecule has 4 unspecified atom stereocenters. The summed E-state index contributed by atoms with van der Waals surface area (Å²) in [5.41, 5.74) is 6.24. The molecule has 1 fully saturated rings. The number of thiophene rings is 1. The number of thioether (sulfide) groups is 1. The summed E-state index contributed by atoms with van der Waals surface area (Å²) < 4.78 is 1.17. The second-order valence-corrected chi connectivity index (χ2v) is 8.92. The summed E-state index contributed by atoms with van der Waals surface area (Å²) >= 11 is 7.44. The average Bonchev–Trinajstić information content (AvgIpc) is 2.62. The zero-order valence-electron chi connectivity index (χ0n) is 11.1. The molecule has 18 heavy (non-hydrogen) atoms. The van der Waals surface area contributed by atoms with Gasteiger partial charge in [-0.2, -0.15) is 11.8 Å². The Morgan fingerprint density at radius 3 is 2.44 bits per heavy atom. The van der Waals surface area contributed by atoms with Crippen molar-refractivity contribution >= 4 is 39.0 Å². The molecule has 0 amide bonds. The summed E-state index contributed by atoms with van der Waals surface area (Å²) in [5, 5.41) is 3.54. The quantitative estimate of drug-likeness (QED) is 0.902. The van der Waals surface area contributed by atoms with Gasteiger partial charge in [0.2, 0.25) is 0 Å². The lowest BCUT2D eigenvalue weighted by atomic mass is 10.1. The van der Waals surface area contributed by atoms with E-state index in [2.05, 4.69) is 64.8 Å². The van der Waals surface area contributed by atoms with E-state index < -0.39 is 0 Å². The van der Waals surface area contributed by atoms with Crippen LogP contribution >= 0.6 is 39.0 Å². The van der Waals surface area contributed by atoms with Crippen LogP contribution in [-0.2, 0) is 0 Å². The third-order valence-electron chi connectivity index (χ3n) is 3.22. The van der Waals surface area contributed by atoms with E-state index in [1.165, 1.54) is 9.35 Å². The van der Waals surface area contributed by atoms with Gasteiger partial charge < -0.3 is 5.73 Å². The fraction of sp³-hybridized carbons (Fsp3) is 0.692. The third kappa shape index (κ3) is 3.51. The molecule has 2 heterocycles. The molecule has 0 saturated carbocycles. The van der Waals surface area contributed by atoms with Crippen LogP contribution in [0.5, 0.6) is 0 Å². The normalized spacial score (nSPS) is 29.2. The zero-order chi connectivity index (χ0) is 13.3. The standard InChI is InChI=1S/C13H21BrN2S2/c1-8-5-16(6-9(2)18-8)13(10(3)15)12-4-11(14)7-17-12/h4,7-10,13H,5-6,15H2,1-3H3. The van der Waals surface area contributed by atoms with Crippen molar-refractivity contribution in [2.45, 2.75) is 43.4 Å². The van der Waals surface area contributed by atoms with E-state index in [0.717, 1.165) is 13.1 Å². The second-order valence-electron chi connectivity index (χ2n) is 5.18. The Morgan fingerprint density at radius 2 is 2.00 bits per heavy atom. The topological polar surface area (TPSA) is 29.3 Å². The van der Waals surface area contributed by atoms with Gasteiger partial charge in [0.05, 0.1) is 6.04 Å². The van der Waals surface area contributed by atoms with Gasteiger partial charge in [0.1, 0.15) is 0 Å². The molecule has 0 bridgehead atoms. The maximum Gasteiger partial charge on any atom is 0.0591 e. The zero-order valence-corrected chi connectivity index (χ0v) is 14.3. The molecule has 1 aromatic heterocycles. The van der Waals surface area contributed by atoms with E-state index in [0.29, 0.717) is 16.5 Å². The Balaban J connectivity index is 2.19. The van der Waals surface area contributed by atoms with Crippen LogP contribution < -0.4 is 5.73 Å². The summed E-state index contributed by atoms with van der Waals surface area (Å²) in [5.74, 6) is 0. The molecule has 1 saturated heterocycles. The molecule has 0 aromatic carbocycles. The fourth-order valence-electron chi connectivity index (χ4n) is 2.70. The van der Waals surface area contributed by atoms with Crippen LogP contribution in [0.1, 0.15) is 31.7 Å². The van der Waals surface area contributed by atoms with Crippen molar-refractivity contribution in [2.75, 3.05) is 13.1 Å². The van der Waals surface area contributed by atoms with Gasteiger partial charge in [0.15, 0.2) is 0 Å². The first-order valence-electron chi connectivity index (χ1n) is 6.36. The van der Waals surface area contributed by atoms with Crippen molar-refractivity contribution in [3.63, 3.8) is 0 Å². The maximum absolute atomic E-state index is 6.24. The molecule has 0 spiro atoms. The van der Waals surface area contributed by atoms with Crippen LogP contribution in [0.2, 0.25) is 0 Å². The van der Waals surface area contributed by atoms with Gasteiger partial charge in [-0.15, -0.1) is 11.3 Å². The third-order valence-corrected chi connectivity index (χ3v) is 6.21. The Kier molecular flexibility index (Phi) is 5.17. The second kappa shape index (κ2) is 6.27. The lowest BCUT2D eigenvalue weighted by Gasteiger charge is -2.41. The monoisotopic (exact) mass is 348 g/mol. The highest BCUT2D eigenvalue weighted by atomic mass is 79.9. The summed E-state index contributed by atoms with van der Waals surface area (Å²) in [6, 6.07) is 2.74. The van der Waals surface area contributed by atoms with Crippen LogP contribution in [0.3, 0.4) is 0 Å². The molecular weight excluding hydrogens is 328 g/mol. The highest BCUT2D eigenvalue weighted by molar-refractivity contribution is 9.10. The SMILES string of the molecule is CC1CN(C(c2cc(Br)cs2)C(C)N)CC(C)S1. The molecule has 0 aliphatic carbocycles. The van der Waals surface area contributed by atoms with Crippen LogP contribution in [0.4, 0.5) is 0 Å². The van der Waals surface area contributed by atoms with Crippen molar-refractivity contribution in [3.8, 4) is 0 Å².